The molecule has 0 unspecified atom stereocenters. The number of nitrogens with two attached hydrogens (primary N) is 1. The van der Waals surface area contributed by atoms with Crippen molar-refractivity contribution in [3.05, 3.63) is 69.7 Å². The molecule has 2 aromatic rings. The van der Waals surface area contributed by atoms with Gasteiger partial charge in [0.05, 0.1) is 12.7 Å². The zero-order chi connectivity index (χ0) is 29.8. The number of hydrogen-bond donors (Lipinski definition) is 6. The molecule has 0 aromatic heterocycles. The van der Waals surface area contributed by atoms with E-state index in [1.165, 1.54) is 6.07 Å². The van der Waals surface area contributed by atoms with Gasteiger partial charge in [-0.15, -0.1) is 0 Å². The fourth-order valence-corrected chi connectivity index (χ4v) is 6.45. The van der Waals surface area contributed by atoms with Gasteiger partial charge in [0, 0.05) is 30.0 Å². The van der Waals surface area contributed by atoms with Gasteiger partial charge < -0.3 is 36.2 Å². The molecule has 2 aromatic carbocycles. The van der Waals surface area contributed by atoms with Gasteiger partial charge in [-0.25, -0.2) is 0 Å². The van der Waals surface area contributed by atoms with Crippen LogP contribution in [-0.4, -0.2) is 57.2 Å². The SMILES string of the molecule is COc1ccc(CNCC(C)C)cc1-c1ccc(O)c2c1C[C@H]1C[C@H]3CC(O)=C(C(N)=O)C(=O)[C@@]3(O)C(O)=C1C2=O. The summed E-state index contributed by atoms with van der Waals surface area (Å²) in [4.78, 5) is 38.9. The Labute approximate surface area is 237 Å². The number of amides is 1. The summed E-state index contributed by atoms with van der Waals surface area (Å²) in [7, 11) is 1.55. The van der Waals surface area contributed by atoms with Crippen molar-refractivity contribution in [2.45, 2.75) is 45.3 Å². The molecular weight excluding hydrogens is 528 g/mol. The minimum atomic E-state index is -2.59. The highest BCUT2D eigenvalue weighted by atomic mass is 16.5. The lowest BCUT2D eigenvalue weighted by Gasteiger charge is -2.45. The van der Waals surface area contributed by atoms with Crippen molar-refractivity contribution in [1.29, 1.82) is 0 Å². The van der Waals surface area contributed by atoms with E-state index in [-0.39, 0.29) is 36.1 Å². The average Bonchev–Trinajstić information content (AvgIpc) is 2.90. The number of aliphatic hydroxyl groups is 3. The fourth-order valence-electron chi connectivity index (χ4n) is 6.45. The van der Waals surface area contributed by atoms with Crippen molar-refractivity contribution < 1.29 is 39.5 Å². The van der Waals surface area contributed by atoms with Gasteiger partial charge in [-0.2, -0.15) is 0 Å². The van der Waals surface area contributed by atoms with E-state index < -0.39 is 52.0 Å². The molecule has 0 spiro atoms. The highest BCUT2D eigenvalue weighted by Gasteiger charge is 2.59. The molecule has 1 amide bonds. The van der Waals surface area contributed by atoms with E-state index in [1.807, 2.05) is 18.2 Å². The summed E-state index contributed by atoms with van der Waals surface area (Å²) in [5.74, 6) is -5.50. The number of benzene rings is 2. The lowest BCUT2D eigenvalue weighted by atomic mass is 9.60. The Hall–Kier alpha value is -4.15. The molecule has 3 atom stereocenters. The zero-order valence-corrected chi connectivity index (χ0v) is 23.2. The van der Waals surface area contributed by atoms with Crippen molar-refractivity contribution in [3.63, 3.8) is 0 Å². The molecule has 0 radical (unpaired) electrons. The highest BCUT2D eigenvalue weighted by molar-refractivity contribution is 6.24. The number of Topliss-reactive ketones (excluding diaryl/α,β-unsaturated/α-hetero) is 2. The Balaban J connectivity index is 1.62. The lowest BCUT2D eigenvalue weighted by molar-refractivity contribution is -0.144. The van der Waals surface area contributed by atoms with E-state index in [4.69, 9.17) is 10.5 Å². The predicted molar refractivity (Wildman–Crippen MR) is 149 cm³/mol. The van der Waals surface area contributed by atoms with Gasteiger partial charge in [0.25, 0.3) is 5.91 Å². The number of allylic oxidation sites excluding steroid dienone is 2. The zero-order valence-electron chi connectivity index (χ0n) is 23.2. The van der Waals surface area contributed by atoms with E-state index in [1.54, 1.807) is 13.2 Å². The van der Waals surface area contributed by atoms with Gasteiger partial charge >= 0.3 is 0 Å². The molecule has 10 nitrogen and oxygen atoms in total. The molecule has 0 heterocycles. The summed E-state index contributed by atoms with van der Waals surface area (Å²) in [6.07, 6.45) is -0.00699. The molecule has 0 saturated carbocycles. The molecule has 0 saturated heterocycles. The van der Waals surface area contributed by atoms with E-state index >= 15 is 0 Å². The lowest BCUT2D eigenvalue weighted by Crippen LogP contribution is -2.57. The van der Waals surface area contributed by atoms with Crippen LogP contribution in [0.2, 0.25) is 0 Å². The number of phenolic OH excluding ortho intramolecular Hbond substituents is 1. The van der Waals surface area contributed by atoms with Crippen LogP contribution >= 0.6 is 0 Å². The number of ether oxygens (including phenoxy) is 1. The second-order valence-corrected chi connectivity index (χ2v) is 11.5. The number of nitrogens with one attached hydrogen (secondary N) is 1. The molecule has 0 bridgehead atoms. The first-order chi connectivity index (χ1) is 19.4. The Kier molecular flexibility index (Phi) is 7.17. The maximum Gasteiger partial charge on any atom is 0.255 e. The highest BCUT2D eigenvalue weighted by Crippen LogP contribution is 2.52. The normalized spacial score (nSPS) is 23.8. The molecule has 216 valence electrons. The number of aliphatic hydroxyl groups excluding tert-OH is 2. The van der Waals surface area contributed by atoms with Crippen molar-refractivity contribution >= 4 is 17.5 Å². The van der Waals surface area contributed by atoms with Crippen LogP contribution in [0, 0.1) is 17.8 Å². The third-order valence-electron chi connectivity index (χ3n) is 8.38. The molecule has 0 fully saturated rings. The molecule has 41 heavy (non-hydrogen) atoms. The van der Waals surface area contributed by atoms with Crippen LogP contribution in [0.25, 0.3) is 11.1 Å². The van der Waals surface area contributed by atoms with Gasteiger partial charge in [0.2, 0.25) is 5.78 Å². The summed E-state index contributed by atoms with van der Waals surface area (Å²) in [5, 5.41) is 47.3. The molecule has 0 aliphatic heterocycles. The molecule has 3 aliphatic carbocycles. The Morgan fingerprint density at radius 1 is 1.12 bits per heavy atom. The number of carbonyl (C=O) groups excluding carboxylic acids is 3. The topological polar surface area (TPSA) is 179 Å². The van der Waals surface area contributed by atoms with Gasteiger partial charge in [-0.1, -0.05) is 26.0 Å². The third kappa shape index (κ3) is 4.47. The first kappa shape index (κ1) is 28.4. The number of ketones is 2. The first-order valence-electron chi connectivity index (χ1n) is 13.6. The van der Waals surface area contributed by atoms with Gasteiger partial charge in [-0.3, -0.25) is 14.4 Å². The van der Waals surface area contributed by atoms with Crippen LogP contribution in [0.1, 0.15) is 48.2 Å². The minimum Gasteiger partial charge on any atom is -0.511 e. The van der Waals surface area contributed by atoms with Crippen molar-refractivity contribution in [2.24, 2.45) is 23.5 Å². The Morgan fingerprint density at radius 3 is 2.51 bits per heavy atom. The van der Waals surface area contributed by atoms with Gasteiger partial charge in [0.15, 0.2) is 11.4 Å². The van der Waals surface area contributed by atoms with Crippen LogP contribution in [0.15, 0.2) is 53.0 Å². The Morgan fingerprint density at radius 2 is 1.85 bits per heavy atom. The average molecular weight is 563 g/mol. The number of carbonyl (C=O) groups is 3. The monoisotopic (exact) mass is 562 g/mol. The molecule has 3 aliphatic rings. The number of phenols is 1. The van der Waals surface area contributed by atoms with Gasteiger partial charge in [-0.05, 0) is 66.1 Å². The maximum absolute atomic E-state index is 13.9. The minimum absolute atomic E-state index is 0.0375. The Bertz CT molecular complexity index is 1540. The third-order valence-corrected chi connectivity index (χ3v) is 8.38. The van der Waals surface area contributed by atoms with E-state index in [2.05, 4.69) is 19.2 Å². The molecule has 7 N–H and O–H groups in total. The van der Waals surface area contributed by atoms with Crippen LogP contribution in [-0.2, 0) is 22.6 Å². The smallest absolute Gasteiger partial charge is 0.255 e. The summed E-state index contributed by atoms with van der Waals surface area (Å²) in [6, 6.07) is 8.89. The standard InChI is InChI=1S/C31H34N2O8/c1-14(2)12-33-13-15-4-7-23(41-3)19(8-15)18-5-6-21(34)25-20(18)10-16-9-17-11-22(35)26(30(32)39)29(38)31(17,40)28(37)24(16)27(25)36/h4-8,14,16-17,33-35,37,40H,9-13H2,1-3H3,(H2,32,39)/t16-,17+,31+/m1/s1. The number of fused-ring (bicyclic) bond motifs is 3. The number of methoxy groups -OCH3 is 1. The molecule has 10 heteroatoms. The van der Waals surface area contributed by atoms with Crippen molar-refractivity contribution in [1.82, 2.24) is 5.32 Å². The number of aromatic hydroxyl groups is 1. The van der Waals surface area contributed by atoms with Gasteiger partial charge in [0.1, 0.15) is 28.6 Å². The first-order valence-corrected chi connectivity index (χ1v) is 13.6. The second-order valence-electron chi connectivity index (χ2n) is 11.5. The van der Waals surface area contributed by atoms with E-state index in [0.29, 0.717) is 29.3 Å². The fraction of sp³-hybridized carbons (Fsp3) is 0.387. The summed E-state index contributed by atoms with van der Waals surface area (Å²) in [5.41, 5.74) is 4.59. The quantitative estimate of drug-likeness (QED) is 0.277. The van der Waals surface area contributed by atoms with Crippen molar-refractivity contribution in [3.8, 4) is 22.6 Å². The largest absolute Gasteiger partial charge is 0.511 e. The predicted octanol–water partition coefficient (Wildman–Crippen LogP) is 3.00. The van der Waals surface area contributed by atoms with E-state index in [0.717, 1.165) is 17.7 Å². The maximum atomic E-state index is 13.9. The van der Waals surface area contributed by atoms with E-state index in [9.17, 15) is 34.8 Å². The summed E-state index contributed by atoms with van der Waals surface area (Å²) < 4.78 is 5.65. The van der Waals surface area contributed by atoms with Crippen LogP contribution in [0.5, 0.6) is 11.5 Å². The van der Waals surface area contributed by atoms with Crippen LogP contribution in [0.4, 0.5) is 0 Å². The number of hydrogen-bond acceptors (Lipinski definition) is 9. The number of primary amides is 1. The second kappa shape index (κ2) is 10.4. The molecular formula is C31H34N2O8. The summed E-state index contributed by atoms with van der Waals surface area (Å²) >= 11 is 0. The number of rotatable bonds is 7. The van der Waals surface area contributed by atoms with Crippen LogP contribution in [0.3, 0.4) is 0 Å². The van der Waals surface area contributed by atoms with Crippen LogP contribution < -0.4 is 15.8 Å². The molecule has 5 rings (SSSR count). The summed E-state index contributed by atoms with van der Waals surface area (Å²) in [6.45, 7) is 5.70. The van der Waals surface area contributed by atoms with Crippen molar-refractivity contribution in [2.75, 3.05) is 13.7 Å².